The van der Waals surface area contributed by atoms with Gasteiger partial charge in [0.2, 0.25) is 5.91 Å². The molecule has 1 aliphatic heterocycles. The Bertz CT molecular complexity index is 708. The molecule has 0 aromatic heterocycles. The highest BCUT2D eigenvalue weighted by molar-refractivity contribution is 5.82. The molecule has 3 rings (SSSR count). The second kappa shape index (κ2) is 12.8. The first kappa shape index (κ1) is 26.1. The highest BCUT2D eigenvalue weighted by atomic mass is 16.2. The summed E-state index contributed by atoms with van der Waals surface area (Å²) in [5.74, 6) is 2.18. The summed E-state index contributed by atoms with van der Waals surface area (Å²) in [6.07, 6.45) is 12.7. The van der Waals surface area contributed by atoms with Crippen LogP contribution in [0.2, 0.25) is 0 Å². The first-order valence-electron chi connectivity index (χ1n) is 13.7. The van der Waals surface area contributed by atoms with Gasteiger partial charge in [0.25, 0.3) is 0 Å². The Balaban J connectivity index is 1.61. The third kappa shape index (κ3) is 8.02. The fourth-order valence-electron chi connectivity index (χ4n) is 5.66. The molecular formula is C29H49N3O. The molecule has 1 saturated heterocycles. The number of aryl methyl sites for hydroxylation is 1. The number of nitrogens with zero attached hydrogens (tertiary/aromatic N) is 2. The molecule has 1 aliphatic carbocycles. The number of anilines is 1. The standard InChI is InChI=1S/C29H49N3O/c1-22(2)16-19-32(27-17-18-31(21-27)29(33)28(30)20-23(3)4)26-14-12-25(13-15-26)11-10-24-8-6-5-7-9-24/h12-15,22-24,27-28H,5-11,16-21,30H2,1-4H3/t27-,28?/m0/s1. The van der Waals surface area contributed by atoms with Crippen LogP contribution >= 0.6 is 0 Å². The van der Waals surface area contributed by atoms with Crippen molar-refractivity contribution in [2.24, 2.45) is 23.5 Å². The Morgan fingerprint density at radius 1 is 1.03 bits per heavy atom. The van der Waals surface area contributed by atoms with Gasteiger partial charge in [-0.25, -0.2) is 0 Å². The van der Waals surface area contributed by atoms with Crippen molar-refractivity contribution in [1.29, 1.82) is 0 Å². The Kier molecular flexibility index (Phi) is 10.1. The second-order valence-electron chi connectivity index (χ2n) is 11.5. The number of carbonyl (C=O) groups excluding carboxylic acids is 1. The number of hydrogen-bond donors (Lipinski definition) is 1. The van der Waals surface area contributed by atoms with Crippen molar-refractivity contribution >= 4 is 11.6 Å². The minimum absolute atomic E-state index is 0.132. The molecule has 1 aromatic rings. The van der Waals surface area contributed by atoms with Crippen LogP contribution in [-0.2, 0) is 11.2 Å². The summed E-state index contributed by atoms with van der Waals surface area (Å²) in [4.78, 5) is 17.5. The van der Waals surface area contributed by atoms with E-state index in [1.165, 1.54) is 62.6 Å². The van der Waals surface area contributed by atoms with Gasteiger partial charge in [-0.1, -0.05) is 71.9 Å². The van der Waals surface area contributed by atoms with E-state index in [2.05, 4.69) is 56.9 Å². The van der Waals surface area contributed by atoms with Gasteiger partial charge in [0.15, 0.2) is 0 Å². The molecule has 0 radical (unpaired) electrons. The average molecular weight is 456 g/mol. The largest absolute Gasteiger partial charge is 0.367 e. The fraction of sp³-hybridized carbons (Fsp3) is 0.759. The van der Waals surface area contributed by atoms with Gasteiger partial charge in [0.1, 0.15) is 0 Å². The van der Waals surface area contributed by atoms with Gasteiger partial charge in [-0.3, -0.25) is 4.79 Å². The maximum Gasteiger partial charge on any atom is 0.239 e. The predicted molar refractivity (Wildman–Crippen MR) is 141 cm³/mol. The second-order valence-corrected chi connectivity index (χ2v) is 11.5. The molecular weight excluding hydrogens is 406 g/mol. The van der Waals surface area contributed by atoms with Gasteiger partial charge in [0.05, 0.1) is 6.04 Å². The van der Waals surface area contributed by atoms with Crippen LogP contribution in [0.15, 0.2) is 24.3 Å². The van der Waals surface area contributed by atoms with E-state index < -0.39 is 0 Å². The van der Waals surface area contributed by atoms with Crippen molar-refractivity contribution in [3.63, 3.8) is 0 Å². The molecule has 1 saturated carbocycles. The predicted octanol–water partition coefficient (Wildman–Crippen LogP) is 6.03. The topological polar surface area (TPSA) is 49.6 Å². The maximum absolute atomic E-state index is 12.9. The summed E-state index contributed by atoms with van der Waals surface area (Å²) in [6, 6.07) is 9.36. The third-order valence-corrected chi connectivity index (χ3v) is 7.74. The molecule has 1 aromatic carbocycles. The molecule has 0 bridgehead atoms. The highest BCUT2D eigenvalue weighted by Crippen LogP contribution is 2.29. The van der Waals surface area contributed by atoms with E-state index in [0.717, 1.165) is 38.4 Å². The van der Waals surface area contributed by atoms with E-state index in [4.69, 9.17) is 5.73 Å². The number of benzene rings is 1. The van der Waals surface area contributed by atoms with E-state index >= 15 is 0 Å². The van der Waals surface area contributed by atoms with Crippen molar-refractivity contribution in [2.75, 3.05) is 24.5 Å². The SMILES string of the molecule is CC(C)CCN(c1ccc(CCC2CCCCC2)cc1)[C@H]1CCN(C(=O)C(N)CC(C)C)C1. The van der Waals surface area contributed by atoms with Crippen molar-refractivity contribution in [3.05, 3.63) is 29.8 Å². The Morgan fingerprint density at radius 3 is 2.36 bits per heavy atom. The number of likely N-dealkylation sites (tertiary alicyclic amines) is 1. The summed E-state index contributed by atoms with van der Waals surface area (Å²) in [7, 11) is 0. The molecule has 1 heterocycles. The minimum Gasteiger partial charge on any atom is -0.367 e. The summed E-state index contributed by atoms with van der Waals surface area (Å²) < 4.78 is 0. The van der Waals surface area contributed by atoms with E-state index in [1.807, 2.05) is 4.90 Å². The number of rotatable bonds is 11. The van der Waals surface area contributed by atoms with Crippen LogP contribution in [0.25, 0.3) is 0 Å². The van der Waals surface area contributed by atoms with Crippen LogP contribution in [-0.4, -0.2) is 42.5 Å². The summed E-state index contributed by atoms with van der Waals surface area (Å²) in [6.45, 7) is 11.5. The summed E-state index contributed by atoms with van der Waals surface area (Å²) >= 11 is 0. The third-order valence-electron chi connectivity index (χ3n) is 7.74. The molecule has 1 unspecified atom stereocenters. The molecule has 1 amide bonds. The van der Waals surface area contributed by atoms with Gasteiger partial charge in [-0.05, 0) is 67.6 Å². The van der Waals surface area contributed by atoms with Gasteiger partial charge in [-0.2, -0.15) is 0 Å². The summed E-state index contributed by atoms with van der Waals surface area (Å²) in [5, 5.41) is 0. The number of nitrogens with two attached hydrogens (primary N) is 1. The molecule has 2 N–H and O–H groups in total. The van der Waals surface area contributed by atoms with Crippen LogP contribution in [0.4, 0.5) is 5.69 Å². The molecule has 186 valence electrons. The quantitative estimate of drug-likeness (QED) is 0.443. The lowest BCUT2D eigenvalue weighted by Gasteiger charge is -2.32. The normalized spacial score (nSPS) is 20.6. The molecule has 2 atom stereocenters. The van der Waals surface area contributed by atoms with Gasteiger partial charge < -0.3 is 15.5 Å². The highest BCUT2D eigenvalue weighted by Gasteiger charge is 2.32. The smallest absolute Gasteiger partial charge is 0.239 e. The zero-order chi connectivity index (χ0) is 23.8. The van der Waals surface area contributed by atoms with Gasteiger partial charge in [0, 0.05) is 31.4 Å². The van der Waals surface area contributed by atoms with Crippen molar-refractivity contribution in [1.82, 2.24) is 4.90 Å². The van der Waals surface area contributed by atoms with Crippen LogP contribution in [0, 0.1) is 17.8 Å². The molecule has 33 heavy (non-hydrogen) atoms. The fourth-order valence-corrected chi connectivity index (χ4v) is 5.66. The molecule has 0 spiro atoms. The molecule has 2 aliphatic rings. The van der Waals surface area contributed by atoms with E-state index in [9.17, 15) is 4.79 Å². The molecule has 4 heteroatoms. The lowest BCUT2D eigenvalue weighted by molar-refractivity contribution is -0.131. The Labute approximate surface area is 203 Å². The molecule has 4 nitrogen and oxygen atoms in total. The van der Waals surface area contributed by atoms with Crippen molar-refractivity contribution in [2.45, 2.75) is 104 Å². The number of amides is 1. The Morgan fingerprint density at radius 2 is 1.73 bits per heavy atom. The lowest BCUT2D eigenvalue weighted by Crippen LogP contribution is -2.45. The van der Waals surface area contributed by atoms with Crippen LogP contribution < -0.4 is 10.6 Å². The first-order valence-corrected chi connectivity index (χ1v) is 13.7. The van der Waals surface area contributed by atoms with E-state index in [1.54, 1.807) is 0 Å². The Hall–Kier alpha value is -1.55. The maximum atomic E-state index is 12.9. The average Bonchev–Trinajstić information content (AvgIpc) is 3.28. The van der Waals surface area contributed by atoms with Crippen molar-refractivity contribution < 1.29 is 4.79 Å². The van der Waals surface area contributed by atoms with Crippen LogP contribution in [0.1, 0.15) is 91.0 Å². The molecule has 2 fully saturated rings. The first-order chi connectivity index (χ1) is 15.8. The van der Waals surface area contributed by atoms with E-state index in [0.29, 0.717) is 17.9 Å². The van der Waals surface area contributed by atoms with Gasteiger partial charge in [-0.15, -0.1) is 0 Å². The van der Waals surface area contributed by atoms with E-state index in [-0.39, 0.29) is 11.9 Å². The zero-order valence-electron chi connectivity index (χ0n) is 21.8. The van der Waals surface area contributed by atoms with Crippen molar-refractivity contribution in [3.8, 4) is 0 Å². The minimum atomic E-state index is -0.365. The number of carbonyl (C=O) groups is 1. The number of hydrogen-bond acceptors (Lipinski definition) is 3. The summed E-state index contributed by atoms with van der Waals surface area (Å²) in [5.41, 5.74) is 9.00. The van der Waals surface area contributed by atoms with Gasteiger partial charge >= 0.3 is 0 Å². The van der Waals surface area contributed by atoms with Crippen LogP contribution in [0.3, 0.4) is 0 Å². The van der Waals surface area contributed by atoms with Crippen LogP contribution in [0.5, 0.6) is 0 Å². The monoisotopic (exact) mass is 455 g/mol. The zero-order valence-corrected chi connectivity index (χ0v) is 21.8. The lowest BCUT2D eigenvalue weighted by atomic mass is 9.85.